The van der Waals surface area contributed by atoms with Crippen LogP contribution in [0.5, 0.6) is 0 Å². The highest BCUT2D eigenvalue weighted by Crippen LogP contribution is 2.30. The first kappa shape index (κ1) is 15.3. The predicted molar refractivity (Wildman–Crippen MR) is 78.7 cm³/mol. The Bertz CT molecular complexity index is 600. The Morgan fingerprint density at radius 3 is 2.75 bits per heavy atom. The fourth-order valence-electron chi connectivity index (χ4n) is 2.18. The average Bonchev–Trinajstić information content (AvgIpc) is 2.36. The third-order valence-corrected chi connectivity index (χ3v) is 5.57. The Labute approximate surface area is 123 Å². The third-order valence-electron chi connectivity index (χ3n) is 3.39. The largest absolute Gasteiger partial charge is 0.395 e. The molecule has 0 atom stereocenters. The van der Waals surface area contributed by atoms with Crippen molar-refractivity contribution >= 4 is 27.2 Å². The molecule has 1 aromatic heterocycles. The summed E-state index contributed by atoms with van der Waals surface area (Å²) in [5.41, 5.74) is 5.65. The first-order valence-electron chi connectivity index (χ1n) is 6.36. The number of nitrogens with two attached hydrogens (primary N) is 1. The minimum absolute atomic E-state index is 0.00727. The van der Waals surface area contributed by atoms with Crippen molar-refractivity contribution in [2.24, 2.45) is 5.73 Å². The highest BCUT2D eigenvalue weighted by molar-refractivity contribution is 7.89. The molecule has 0 amide bonds. The number of pyridine rings is 1. The molecule has 2 rings (SSSR count). The fraction of sp³-hybridized carbons (Fsp3) is 0.500. The maximum absolute atomic E-state index is 12.7. The van der Waals surface area contributed by atoms with Gasteiger partial charge in [-0.25, -0.2) is 8.42 Å². The highest BCUT2D eigenvalue weighted by Gasteiger charge is 2.36. The lowest BCUT2D eigenvalue weighted by atomic mass is 9.93. The van der Waals surface area contributed by atoms with Crippen molar-refractivity contribution in [3.63, 3.8) is 0 Å². The van der Waals surface area contributed by atoms with Crippen LogP contribution in [0.3, 0.4) is 0 Å². The van der Waals surface area contributed by atoms with Gasteiger partial charge in [0.2, 0.25) is 10.0 Å². The molecule has 6 nitrogen and oxygen atoms in total. The van der Waals surface area contributed by atoms with Gasteiger partial charge in [-0.05, 0) is 25.0 Å². The fourth-order valence-corrected chi connectivity index (χ4v) is 4.25. The summed E-state index contributed by atoms with van der Waals surface area (Å²) < 4.78 is 26.8. The van der Waals surface area contributed by atoms with Crippen molar-refractivity contribution in [3.05, 3.63) is 24.0 Å². The summed E-state index contributed by atoms with van der Waals surface area (Å²) in [5, 5.41) is 9.12. The molecular weight excluding hydrogens is 298 g/mol. The van der Waals surface area contributed by atoms with E-state index in [0.29, 0.717) is 0 Å². The highest BCUT2D eigenvalue weighted by atomic mass is 32.2. The number of nitrogens with zero attached hydrogens (tertiary/aromatic N) is 2. The molecule has 0 aromatic carbocycles. The van der Waals surface area contributed by atoms with Gasteiger partial charge in [-0.3, -0.25) is 4.98 Å². The maximum atomic E-state index is 12.7. The number of aliphatic hydroxyl groups is 1. The monoisotopic (exact) mass is 315 g/mol. The van der Waals surface area contributed by atoms with Gasteiger partial charge in [-0.2, -0.15) is 4.31 Å². The molecule has 1 aliphatic carbocycles. The molecule has 1 fully saturated rings. The standard InChI is InChI=1S/C12H17N3O3S2/c13-12(19)11-10(5-2-6-14-11)20(17,18)15(7-8-16)9-3-1-4-9/h2,5-6,9,16H,1,3-4,7-8H2,(H2,13,19). The molecule has 0 saturated heterocycles. The molecule has 1 saturated carbocycles. The molecule has 8 heteroatoms. The molecule has 1 heterocycles. The predicted octanol–water partition coefficient (Wildman–Crippen LogP) is 0.251. The Hall–Kier alpha value is -1.09. The summed E-state index contributed by atoms with van der Waals surface area (Å²) >= 11 is 4.86. The second kappa shape index (κ2) is 6.13. The minimum Gasteiger partial charge on any atom is -0.395 e. The quantitative estimate of drug-likeness (QED) is 0.731. The smallest absolute Gasteiger partial charge is 0.245 e. The zero-order valence-corrected chi connectivity index (χ0v) is 12.5. The Morgan fingerprint density at radius 2 is 2.25 bits per heavy atom. The van der Waals surface area contributed by atoms with E-state index < -0.39 is 10.0 Å². The lowest BCUT2D eigenvalue weighted by Crippen LogP contribution is -2.46. The summed E-state index contributed by atoms with van der Waals surface area (Å²) in [6.45, 7) is -0.156. The summed E-state index contributed by atoms with van der Waals surface area (Å²) in [7, 11) is -3.76. The SMILES string of the molecule is NC(=S)c1ncccc1S(=O)(=O)N(CCO)C1CCC1. The number of aliphatic hydroxyl groups excluding tert-OH is 1. The van der Waals surface area contributed by atoms with Crippen molar-refractivity contribution in [1.29, 1.82) is 0 Å². The van der Waals surface area contributed by atoms with Gasteiger partial charge in [0, 0.05) is 18.8 Å². The van der Waals surface area contributed by atoms with Gasteiger partial charge in [0.25, 0.3) is 0 Å². The van der Waals surface area contributed by atoms with Crippen LogP contribution in [0.1, 0.15) is 25.0 Å². The molecule has 110 valence electrons. The van der Waals surface area contributed by atoms with E-state index in [0.717, 1.165) is 19.3 Å². The van der Waals surface area contributed by atoms with Crippen molar-refractivity contribution in [2.75, 3.05) is 13.2 Å². The molecule has 20 heavy (non-hydrogen) atoms. The number of sulfonamides is 1. The van der Waals surface area contributed by atoms with Crippen LogP contribution in [-0.4, -0.2) is 47.0 Å². The third kappa shape index (κ3) is 2.83. The van der Waals surface area contributed by atoms with Gasteiger partial charge < -0.3 is 10.8 Å². The zero-order valence-electron chi connectivity index (χ0n) is 10.9. The topological polar surface area (TPSA) is 96.5 Å². The number of hydrogen-bond acceptors (Lipinski definition) is 5. The molecule has 0 aliphatic heterocycles. The molecule has 3 N–H and O–H groups in total. The first-order chi connectivity index (χ1) is 9.48. The van der Waals surface area contributed by atoms with E-state index in [9.17, 15) is 8.42 Å². The van der Waals surface area contributed by atoms with Crippen molar-refractivity contribution < 1.29 is 13.5 Å². The molecule has 0 unspecified atom stereocenters. The first-order valence-corrected chi connectivity index (χ1v) is 8.21. The molecule has 0 radical (unpaired) electrons. The minimum atomic E-state index is -3.76. The number of thiocarbonyl (C=S) groups is 1. The van der Waals surface area contributed by atoms with Crippen LogP contribution >= 0.6 is 12.2 Å². The van der Waals surface area contributed by atoms with Gasteiger partial charge in [0.05, 0.1) is 6.61 Å². The zero-order chi connectivity index (χ0) is 14.8. The van der Waals surface area contributed by atoms with Gasteiger partial charge in [0.1, 0.15) is 15.6 Å². The average molecular weight is 315 g/mol. The maximum Gasteiger partial charge on any atom is 0.245 e. The van der Waals surface area contributed by atoms with Crippen LogP contribution in [0, 0.1) is 0 Å². The summed E-state index contributed by atoms with van der Waals surface area (Å²) in [5.74, 6) is 0. The Morgan fingerprint density at radius 1 is 1.55 bits per heavy atom. The van der Waals surface area contributed by atoms with Gasteiger partial charge in [0.15, 0.2) is 0 Å². The number of aromatic nitrogens is 1. The lowest BCUT2D eigenvalue weighted by Gasteiger charge is -2.36. The summed E-state index contributed by atoms with van der Waals surface area (Å²) in [6, 6.07) is 2.92. The van der Waals surface area contributed by atoms with Crippen LogP contribution in [0.25, 0.3) is 0 Å². The van der Waals surface area contributed by atoms with Crippen molar-refractivity contribution in [3.8, 4) is 0 Å². The van der Waals surface area contributed by atoms with Gasteiger partial charge in [-0.15, -0.1) is 0 Å². The second-order valence-corrected chi connectivity index (χ2v) is 6.94. The molecule has 0 spiro atoms. The summed E-state index contributed by atoms with van der Waals surface area (Å²) in [6.07, 6.45) is 4.06. The van der Waals surface area contributed by atoms with Crippen LogP contribution in [0.4, 0.5) is 0 Å². The van der Waals surface area contributed by atoms with Crippen LogP contribution in [-0.2, 0) is 10.0 Å². The molecule has 1 aromatic rings. The normalized spacial score (nSPS) is 16.1. The number of rotatable bonds is 6. The van der Waals surface area contributed by atoms with E-state index in [1.54, 1.807) is 0 Å². The second-order valence-electron chi connectivity index (χ2n) is 4.64. The number of hydrogen-bond donors (Lipinski definition) is 2. The van der Waals surface area contributed by atoms with E-state index in [1.807, 2.05) is 0 Å². The van der Waals surface area contributed by atoms with Crippen molar-refractivity contribution in [1.82, 2.24) is 9.29 Å². The Kier molecular flexibility index (Phi) is 4.69. The van der Waals surface area contributed by atoms with Gasteiger partial charge >= 0.3 is 0 Å². The van der Waals surface area contributed by atoms with E-state index >= 15 is 0 Å². The molecular formula is C12H17N3O3S2. The van der Waals surface area contributed by atoms with E-state index in [2.05, 4.69) is 4.98 Å². The van der Waals surface area contributed by atoms with E-state index in [1.165, 1.54) is 22.6 Å². The summed E-state index contributed by atoms with van der Waals surface area (Å²) in [4.78, 5) is 3.91. The van der Waals surface area contributed by atoms with Crippen LogP contribution in [0.15, 0.2) is 23.2 Å². The van der Waals surface area contributed by atoms with Crippen molar-refractivity contribution in [2.45, 2.75) is 30.2 Å². The van der Waals surface area contributed by atoms with Crippen LogP contribution < -0.4 is 5.73 Å². The molecule has 1 aliphatic rings. The van der Waals surface area contributed by atoms with E-state index in [4.69, 9.17) is 23.1 Å². The van der Waals surface area contributed by atoms with E-state index in [-0.39, 0.29) is 34.8 Å². The Balaban J connectivity index is 2.44. The molecule has 0 bridgehead atoms. The van der Waals surface area contributed by atoms with Gasteiger partial charge in [-0.1, -0.05) is 18.6 Å². The van der Waals surface area contributed by atoms with Crippen LogP contribution in [0.2, 0.25) is 0 Å². The lowest BCUT2D eigenvalue weighted by molar-refractivity contribution is 0.178.